The normalized spacial score (nSPS) is 11.0. The van der Waals surface area contributed by atoms with E-state index in [0.29, 0.717) is 23.2 Å². The molecule has 0 unspecified atom stereocenters. The Morgan fingerprint density at radius 2 is 2.18 bits per heavy atom. The highest BCUT2D eigenvalue weighted by Crippen LogP contribution is 2.33. The molecule has 1 rings (SSSR count). The lowest BCUT2D eigenvalue weighted by Gasteiger charge is -2.16. The van der Waals surface area contributed by atoms with Crippen LogP contribution in [0.15, 0.2) is 16.6 Å². The van der Waals surface area contributed by atoms with Crippen LogP contribution >= 0.6 is 15.9 Å². The first-order chi connectivity index (χ1) is 7.85. The van der Waals surface area contributed by atoms with Crippen molar-refractivity contribution in [2.24, 2.45) is 5.41 Å². The van der Waals surface area contributed by atoms with E-state index >= 15 is 0 Å². The molecule has 0 amide bonds. The van der Waals surface area contributed by atoms with Crippen LogP contribution in [0.4, 0.5) is 10.1 Å². The number of nitrogens with two attached hydrogens (primary N) is 1. The molecule has 0 aliphatic carbocycles. The number of ether oxygens (including phenoxy) is 1. The zero-order valence-corrected chi connectivity index (χ0v) is 11.3. The van der Waals surface area contributed by atoms with Gasteiger partial charge in [-0.3, -0.25) is 0 Å². The molecule has 0 atom stereocenters. The first kappa shape index (κ1) is 13.8. The molecule has 0 heterocycles. The van der Waals surface area contributed by atoms with Gasteiger partial charge in [0, 0.05) is 6.07 Å². The van der Waals surface area contributed by atoms with Crippen molar-refractivity contribution in [3.8, 4) is 11.8 Å². The highest BCUT2D eigenvalue weighted by molar-refractivity contribution is 9.10. The van der Waals surface area contributed by atoms with Crippen molar-refractivity contribution in [1.82, 2.24) is 0 Å². The third kappa shape index (κ3) is 3.90. The molecule has 0 aliphatic heterocycles. The summed E-state index contributed by atoms with van der Waals surface area (Å²) in [7, 11) is 0. The summed E-state index contributed by atoms with van der Waals surface area (Å²) in [6.45, 7) is 4.02. The van der Waals surface area contributed by atoms with Crippen LogP contribution in [0.1, 0.15) is 20.3 Å². The molecule has 1 aromatic rings. The summed E-state index contributed by atoms with van der Waals surface area (Å²) in [5.41, 5.74) is 5.44. The zero-order valence-electron chi connectivity index (χ0n) is 9.76. The van der Waals surface area contributed by atoms with Gasteiger partial charge in [0.25, 0.3) is 0 Å². The van der Waals surface area contributed by atoms with E-state index in [-0.39, 0.29) is 5.69 Å². The van der Waals surface area contributed by atoms with Gasteiger partial charge < -0.3 is 10.5 Å². The SMILES string of the molecule is CC(C)(C#N)CCOc1c(N)cc(F)cc1Br. The Hall–Kier alpha value is -1.28. The second-order valence-electron chi connectivity index (χ2n) is 4.40. The lowest BCUT2D eigenvalue weighted by atomic mass is 9.92. The van der Waals surface area contributed by atoms with Crippen LogP contribution in [-0.4, -0.2) is 6.61 Å². The van der Waals surface area contributed by atoms with Crippen molar-refractivity contribution in [3.63, 3.8) is 0 Å². The number of rotatable bonds is 4. The number of hydrogen-bond acceptors (Lipinski definition) is 3. The first-order valence-corrected chi connectivity index (χ1v) is 5.93. The third-order valence-corrected chi connectivity index (χ3v) is 2.90. The Kier molecular flexibility index (Phi) is 4.35. The van der Waals surface area contributed by atoms with Gasteiger partial charge in [0.2, 0.25) is 0 Å². The fourth-order valence-electron chi connectivity index (χ4n) is 1.20. The largest absolute Gasteiger partial charge is 0.490 e. The highest BCUT2D eigenvalue weighted by atomic mass is 79.9. The number of benzene rings is 1. The summed E-state index contributed by atoms with van der Waals surface area (Å²) in [6.07, 6.45) is 0.576. The quantitative estimate of drug-likeness (QED) is 0.866. The van der Waals surface area contributed by atoms with Gasteiger partial charge in [-0.05, 0) is 42.3 Å². The van der Waals surface area contributed by atoms with Gasteiger partial charge in [0.15, 0.2) is 5.75 Å². The molecule has 0 spiro atoms. The maximum Gasteiger partial charge on any atom is 0.156 e. The lowest BCUT2D eigenvalue weighted by molar-refractivity contribution is 0.264. The molecule has 0 radical (unpaired) electrons. The van der Waals surface area contributed by atoms with E-state index in [1.807, 2.05) is 13.8 Å². The van der Waals surface area contributed by atoms with E-state index < -0.39 is 11.2 Å². The molecule has 0 fully saturated rings. The summed E-state index contributed by atoms with van der Waals surface area (Å²) in [5.74, 6) is -0.000723. The number of nitrogen functional groups attached to an aromatic ring is 1. The van der Waals surface area contributed by atoms with Gasteiger partial charge in [-0.25, -0.2) is 4.39 Å². The Balaban J connectivity index is 2.68. The number of halogens is 2. The van der Waals surface area contributed by atoms with Gasteiger partial charge >= 0.3 is 0 Å². The van der Waals surface area contributed by atoms with Gasteiger partial charge in [-0.1, -0.05) is 0 Å². The van der Waals surface area contributed by atoms with E-state index in [4.69, 9.17) is 15.7 Å². The minimum Gasteiger partial charge on any atom is -0.490 e. The summed E-state index contributed by atoms with van der Waals surface area (Å²) >= 11 is 3.19. The molecule has 3 nitrogen and oxygen atoms in total. The van der Waals surface area contributed by atoms with Gasteiger partial charge in [0.1, 0.15) is 5.82 Å². The number of nitrogens with zero attached hydrogens (tertiary/aromatic N) is 1. The summed E-state index contributed by atoms with van der Waals surface area (Å²) < 4.78 is 18.9. The van der Waals surface area contributed by atoms with Gasteiger partial charge in [-0.15, -0.1) is 0 Å². The average Bonchev–Trinajstić information content (AvgIpc) is 2.22. The molecule has 0 bridgehead atoms. The Morgan fingerprint density at radius 1 is 1.53 bits per heavy atom. The third-order valence-electron chi connectivity index (χ3n) is 2.31. The standard InChI is InChI=1S/C12H14BrFN2O/c1-12(2,7-15)3-4-17-11-9(13)5-8(14)6-10(11)16/h5-6H,3-4,16H2,1-2H3. The first-order valence-electron chi connectivity index (χ1n) is 5.14. The minimum atomic E-state index is -0.443. The second kappa shape index (κ2) is 5.37. The Labute approximate surface area is 109 Å². The minimum absolute atomic E-state index is 0.242. The molecular weight excluding hydrogens is 287 g/mol. The zero-order chi connectivity index (χ0) is 13.1. The maximum atomic E-state index is 13.0. The van der Waals surface area contributed by atoms with Crippen molar-refractivity contribution in [2.75, 3.05) is 12.3 Å². The van der Waals surface area contributed by atoms with Crippen LogP contribution in [0.5, 0.6) is 5.75 Å². The van der Waals surface area contributed by atoms with Crippen molar-refractivity contribution in [3.05, 3.63) is 22.4 Å². The predicted molar refractivity (Wildman–Crippen MR) is 68.0 cm³/mol. The number of anilines is 1. The molecule has 5 heteroatoms. The molecule has 0 saturated heterocycles. The van der Waals surface area contributed by atoms with Crippen LogP contribution in [0.2, 0.25) is 0 Å². The van der Waals surface area contributed by atoms with Crippen LogP contribution in [0.3, 0.4) is 0 Å². The Morgan fingerprint density at radius 3 is 2.71 bits per heavy atom. The second-order valence-corrected chi connectivity index (χ2v) is 5.25. The van der Waals surface area contributed by atoms with Crippen molar-refractivity contribution in [1.29, 1.82) is 5.26 Å². The highest BCUT2D eigenvalue weighted by Gasteiger charge is 2.17. The molecule has 17 heavy (non-hydrogen) atoms. The van der Waals surface area contributed by atoms with E-state index in [9.17, 15) is 4.39 Å². The number of nitriles is 1. The molecule has 2 N–H and O–H groups in total. The van der Waals surface area contributed by atoms with Crippen molar-refractivity contribution in [2.45, 2.75) is 20.3 Å². The molecule has 1 aromatic carbocycles. The van der Waals surface area contributed by atoms with E-state index in [1.54, 1.807) is 0 Å². The lowest BCUT2D eigenvalue weighted by Crippen LogP contribution is -2.13. The smallest absolute Gasteiger partial charge is 0.156 e. The molecule has 92 valence electrons. The van der Waals surface area contributed by atoms with Crippen LogP contribution < -0.4 is 10.5 Å². The fourth-order valence-corrected chi connectivity index (χ4v) is 1.76. The van der Waals surface area contributed by atoms with Crippen molar-refractivity contribution >= 4 is 21.6 Å². The molecule has 0 aliphatic rings. The molecule has 0 saturated carbocycles. The van der Waals surface area contributed by atoms with E-state index in [0.717, 1.165) is 0 Å². The predicted octanol–water partition coefficient (Wildman–Crippen LogP) is 3.49. The van der Waals surface area contributed by atoms with Crippen LogP contribution in [-0.2, 0) is 0 Å². The van der Waals surface area contributed by atoms with E-state index in [1.165, 1.54) is 12.1 Å². The van der Waals surface area contributed by atoms with Crippen molar-refractivity contribution < 1.29 is 9.13 Å². The topological polar surface area (TPSA) is 59.0 Å². The van der Waals surface area contributed by atoms with E-state index in [2.05, 4.69) is 22.0 Å². The maximum absolute atomic E-state index is 13.0. The summed E-state index contributed by atoms with van der Waals surface area (Å²) in [5, 5.41) is 8.85. The fraction of sp³-hybridized carbons (Fsp3) is 0.417. The summed E-state index contributed by atoms with van der Waals surface area (Å²) in [4.78, 5) is 0. The van der Waals surface area contributed by atoms with Crippen LogP contribution in [0, 0.1) is 22.6 Å². The monoisotopic (exact) mass is 300 g/mol. The van der Waals surface area contributed by atoms with Crippen LogP contribution in [0.25, 0.3) is 0 Å². The van der Waals surface area contributed by atoms with Gasteiger partial charge in [0.05, 0.1) is 28.3 Å². The number of hydrogen-bond donors (Lipinski definition) is 1. The summed E-state index contributed by atoms with van der Waals surface area (Å²) in [6, 6.07) is 4.68. The average molecular weight is 301 g/mol. The van der Waals surface area contributed by atoms with Gasteiger partial charge in [-0.2, -0.15) is 5.26 Å². The Bertz CT molecular complexity index is 431. The molecular formula is C12H14BrFN2O. The molecule has 0 aromatic heterocycles.